The van der Waals surface area contributed by atoms with Crippen molar-refractivity contribution in [2.45, 2.75) is 13.5 Å². The number of thiazole rings is 1. The fourth-order valence-corrected chi connectivity index (χ4v) is 3.64. The number of amides is 1. The normalized spacial score (nSPS) is 10.7. The Kier molecular flexibility index (Phi) is 5.85. The molecule has 0 N–H and O–H groups in total. The van der Waals surface area contributed by atoms with Gasteiger partial charge < -0.3 is 9.26 Å². The van der Waals surface area contributed by atoms with E-state index in [9.17, 15) is 9.18 Å². The number of rotatable bonds is 7. The zero-order valence-corrected chi connectivity index (χ0v) is 16.9. The third kappa shape index (κ3) is 4.72. The van der Waals surface area contributed by atoms with Crippen LogP contribution < -0.4 is 9.64 Å². The highest BCUT2D eigenvalue weighted by Crippen LogP contribution is 2.28. The molecule has 0 unspecified atom stereocenters. The lowest BCUT2D eigenvalue weighted by Crippen LogP contribution is -2.34. The van der Waals surface area contributed by atoms with Crippen molar-refractivity contribution < 1.29 is 18.4 Å². The predicted octanol–water partition coefficient (Wildman–Crippen LogP) is 4.86. The second-order valence-electron chi connectivity index (χ2n) is 6.55. The van der Waals surface area contributed by atoms with Gasteiger partial charge in [-0.1, -0.05) is 42.5 Å². The maximum absolute atomic E-state index is 13.3. The first-order valence-electron chi connectivity index (χ1n) is 9.20. The predicted molar refractivity (Wildman–Crippen MR) is 112 cm³/mol. The standard InChI is InChI=1S/C22H18FN3O3S/c1-15-11-20(25-29-15)28-13-21(27)26(12-16-7-9-18(23)10-8-16)22-24-19(14-30-22)17-5-3-2-4-6-17/h2-11,14H,12-13H2,1H3. The van der Waals surface area contributed by atoms with Gasteiger partial charge in [-0.3, -0.25) is 9.69 Å². The van der Waals surface area contributed by atoms with E-state index in [1.165, 1.54) is 28.4 Å². The van der Waals surface area contributed by atoms with E-state index in [2.05, 4.69) is 10.1 Å². The van der Waals surface area contributed by atoms with Crippen molar-refractivity contribution in [1.29, 1.82) is 0 Å². The highest BCUT2D eigenvalue weighted by atomic mass is 32.1. The Morgan fingerprint density at radius 3 is 2.63 bits per heavy atom. The number of nitrogens with zero attached hydrogens (tertiary/aromatic N) is 3. The molecule has 0 spiro atoms. The number of aryl methyl sites for hydroxylation is 1. The second kappa shape index (κ2) is 8.87. The number of benzene rings is 2. The van der Waals surface area contributed by atoms with Crippen molar-refractivity contribution in [3.05, 3.63) is 83.2 Å². The first-order chi connectivity index (χ1) is 14.6. The third-order valence-electron chi connectivity index (χ3n) is 4.30. The van der Waals surface area contributed by atoms with Gasteiger partial charge in [0.2, 0.25) is 0 Å². The van der Waals surface area contributed by atoms with Crippen molar-refractivity contribution in [1.82, 2.24) is 10.1 Å². The van der Waals surface area contributed by atoms with Gasteiger partial charge in [-0.15, -0.1) is 11.3 Å². The van der Waals surface area contributed by atoms with Gasteiger partial charge in [0.25, 0.3) is 11.8 Å². The third-order valence-corrected chi connectivity index (χ3v) is 5.16. The highest BCUT2D eigenvalue weighted by molar-refractivity contribution is 7.14. The molecule has 0 atom stereocenters. The summed E-state index contributed by atoms with van der Waals surface area (Å²) in [5.41, 5.74) is 2.52. The minimum Gasteiger partial charge on any atom is -0.465 e. The largest absolute Gasteiger partial charge is 0.465 e. The van der Waals surface area contributed by atoms with Crippen molar-refractivity contribution in [3.8, 4) is 17.1 Å². The van der Waals surface area contributed by atoms with Crippen LogP contribution in [0.1, 0.15) is 11.3 Å². The van der Waals surface area contributed by atoms with Crippen LogP contribution in [0, 0.1) is 12.7 Å². The Morgan fingerprint density at radius 1 is 1.17 bits per heavy atom. The lowest BCUT2D eigenvalue weighted by atomic mass is 10.2. The molecule has 2 aromatic carbocycles. The van der Waals surface area contributed by atoms with Crippen molar-refractivity contribution in [2.24, 2.45) is 0 Å². The van der Waals surface area contributed by atoms with Crippen LogP contribution in [-0.2, 0) is 11.3 Å². The van der Waals surface area contributed by atoms with E-state index in [1.54, 1.807) is 25.1 Å². The smallest absolute Gasteiger partial charge is 0.267 e. The van der Waals surface area contributed by atoms with Crippen molar-refractivity contribution in [3.63, 3.8) is 0 Å². The van der Waals surface area contributed by atoms with E-state index in [-0.39, 0.29) is 30.8 Å². The van der Waals surface area contributed by atoms with Gasteiger partial charge in [0.15, 0.2) is 11.7 Å². The Hall–Kier alpha value is -3.52. The van der Waals surface area contributed by atoms with Gasteiger partial charge in [-0.05, 0) is 29.8 Å². The minimum absolute atomic E-state index is 0.229. The molecule has 0 aliphatic rings. The number of carbonyl (C=O) groups excluding carboxylic acids is 1. The Balaban J connectivity index is 1.57. The van der Waals surface area contributed by atoms with E-state index in [0.29, 0.717) is 10.9 Å². The molecule has 1 amide bonds. The average Bonchev–Trinajstić information content (AvgIpc) is 3.41. The molecule has 0 saturated heterocycles. The molecule has 0 aliphatic heterocycles. The lowest BCUT2D eigenvalue weighted by Gasteiger charge is -2.20. The van der Waals surface area contributed by atoms with Crippen LogP contribution in [-0.4, -0.2) is 22.7 Å². The van der Waals surface area contributed by atoms with Crippen LogP contribution in [0.2, 0.25) is 0 Å². The van der Waals surface area contributed by atoms with Gasteiger partial charge in [0.05, 0.1) is 12.2 Å². The molecule has 0 bridgehead atoms. The number of ether oxygens (including phenoxy) is 1. The molecule has 2 aromatic heterocycles. The summed E-state index contributed by atoms with van der Waals surface area (Å²) in [4.78, 5) is 19.1. The number of anilines is 1. The summed E-state index contributed by atoms with van der Waals surface area (Å²) in [6, 6.07) is 17.3. The molecule has 0 fully saturated rings. The Labute approximate surface area is 176 Å². The van der Waals surface area contributed by atoms with Gasteiger partial charge in [-0.2, -0.15) is 0 Å². The van der Waals surface area contributed by atoms with E-state index < -0.39 is 0 Å². The highest BCUT2D eigenvalue weighted by Gasteiger charge is 2.21. The SMILES string of the molecule is Cc1cc(OCC(=O)N(Cc2ccc(F)cc2)c2nc(-c3ccccc3)cs2)no1. The quantitative estimate of drug-likeness (QED) is 0.425. The molecule has 0 radical (unpaired) electrons. The minimum atomic E-state index is -0.332. The number of aromatic nitrogens is 2. The number of halogens is 1. The molecule has 30 heavy (non-hydrogen) atoms. The summed E-state index contributed by atoms with van der Waals surface area (Å²) in [6.45, 7) is 1.75. The van der Waals surface area contributed by atoms with Crippen LogP contribution >= 0.6 is 11.3 Å². The molecule has 0 saturated carbocycles. The molecule has 4 aromatic rings. The molecule has 6 nitrogen and oxygen atoms in total. The fraction of sp³-hybridized carbons (Fsp3) is 0.136. The summed E-state index contributed by atoms with van der Waals surface area (Å²) in [6.07, 6.45) is 0. The maximum atomic E-state index is 13.3. The second-order valence-corrected chi connectivity index (χ2v) is 7.39. The van der Waals surface area contributed by atoms with Gasteiger partial charge in [0, 0.05) is 17.0 Å². The number of hydrogen-bond acceptors (Lipinski definition) is 6. The monoisotopic (exact) mass is 423 g/mol. The summed E-state index contributed by atoms with van der Waals surface area (Å²) >= 11 is 1.36. The molecular weight excluding hydrogens is 405 g/mol. The van der Waals surface area contributed by atoms with Gasteiger partial charge in [0.1, 0.15) is 11.6 Å². The zero-order valence-electron chi connectivity index (χ0n) is 16.1. The van der Waals surface area contributed by atoms with Crippen LogP contribution in [0.3, 0.4) is 0 Å². The summed E-state index contributed by atoms with van der Waals surface area (Å²) < 4.78 is 23.7. The summed E-state index contributed by atoms with van der Waals surface area (Å²) in [7, 11) is 0. The molecular formula is C22H18FN3O3S. The van der Waals surface area contributed by atoms with E-state index in [1.807, 2.05) is 35.7 Å². The summed E-state index contributed by atoms with van der Waals surface area (Å²) in [5.74, 6) is 0.204. The van der Waals surface area contributed by atoms with Gasteiger partial charge >= 0.3 is 0 Å². The van der Waals surface area contributed by atoms with Crippen LogP contribution in [0.25, 0.3) is 11.3 Å². The summed E-state index contributed by atoms with van der Waals surface area (Å²) in [5, 5.41) is 6.17. The topological polar surface area (TPSA) is 68.5 Å². The number of hydrogen-bond donors (Lipinski definition) is 0. The van der Waals surface area contributed by atoms with E-state index in [0.717, 1.165) is 16.8 Å². The first kappa shape index (κ1) is 19.8. The molecule has 0 aliphatic carbocycles. The van der Waals surface area contributed by atoms with Crippen molar-refractivity contribution >= 4 is 22.4 Å². The van der Waals surface area contributed by atoms with Crippen molar-refractivity contribution in [2.75, 3.05) is 11.5 Å². The van der Waals surface area contributed by atoms with E-state index in [4.69, 9.17) is 9.26 Å². The Morgan fingerprint density at radius 2 is 1.93 bits per heavy atom. The van der Waals surface area contributed by atoms with Crippen LogP contribution in [0.15, 0.2) is 70.6 Å². The Bertz CT molecular complexity index is 1130. The van der Waals surface area contributed by atoms with Crippen LogP contribution in [0.5, 0.6) is 5.88 Å². The number of carbonyl (C=O) groups is 1. The molecule has 152 valence electrons. The van der Waals surface area contributed by atoms with Crippen LogP contribution in [0.4, 0.5) is 9.52 Å². The first-order valence-corrected chi connectivity index (χ1v) is 10.1. The molecule has 8 heteroatoms. The zero-order chi connectivity index (χ0) is 20.9. The maximum Gasteiger partial charge on any atom is 0.267 e. The van der Waals surface area contributed by atoms with E-state index >= 15 is 0 Å². The average molecular weight is 423 g/mol. The molecule has 4 rings (SSSR count). The fourth-order valence-electron chi connectivity index (χ4n) is 2.79. The van der Waals surface area contributed by atoms with Gasteiger partial charge in [-0.25, -0.2) is 9.37 Å². The molecule has 2 heterocycles. The lowest BCUT2D eigenvalue weighted by molar-refractivity contribution is -0.120.